The van der Waals surface area contributed by atoms with Crippen LogP contribution in [0.15, 0.2) is 36.4 Å². The molecule has 1 heterocycles. The maximum atomic E-state index is 12.0. The molecule has 0 aliphatic rings. The van der Waals surface area contributed by atoms with Crippen LogP contribution in [0.4, 0.5) is 5.82 Å². The van der Waals surface area contributed by atoms with Gasteiger partial charge in [-0.1, -0.05) is 12.0 Å². The maximum Gasteiger partial charge on any atom is 0.260 e. The molecular weight excluding hydrogens is 270 g/mol. The van der Waals surface area contributed by atoms with Gasteiger partial charge in [0.1, 0.15) is 23.0 Å². The van der Waals surface area contributed by atoms with Crippen molar-refractivity contribution in [1.29, 1.82) is 0 Å². The molecule has 0 saturated heterocycles. The number of nitrogens with zero attached hydrogens (tertiary/aromatic N) is 1. The van der Waals surface area contributed by atoms with E-state index in [0.717, 1.165) is 0 Å². The number of aromatic hydroxyl groups is 2. The molecule has 1 aromatic heterocycles. The van der Waals surface area contributed by atoms with E-state index in [4.69, 9.17) is 5.73 Å². The largest absolute Gasteiger partial charge is 0.508 e. The van der Waals surface area contributed by atoms with Gasteiger partial charge in [-0.15, -0.1) is 0 Å². The standard InChI is InChI=1S/C15H13N3O3/c16-8-2-4-10-3-1-5-14(17-10)18-15(21)12-9-11(19)6-7-13(12)20/h1,3,5-7,9,19-20H,8,16H2,(H,17,18,21). The van der Waals surface area contributed by atoms with Crippen LogP contribution < -0.4 is 11.1 Å². The molecule has 2 aromatic rings. The van der Waals surface area contributed by atoms with Crippen molar-refractivity contribution in [3.05, 3.63) is 47.7 Å². The number of amides is 1. The second-order valence-electron chi connectivity index (χ2n) is 4.07. The van der Waals surface area contributed by atoms with Crippen LogP contribution in [-0.2, 0) is 0 Å². The molecule has 21 heavy (non-hydrogen) atoms. The summed E-state index contributed by atoms with van der Waals surface area (Å²) in [6.45, 7) is 0.218. The van der Waals surface area contributed by atoms with E-state index >= 15 is 0 Å². The summed E-state index contributed by atoms with van der Waals surface area (Å²) in [6.07, 6.45) is 0. The van der Waals surface area contributed by atoms with E-state index in [9.17, 15) is 15.0 Å². The van der Waals surface area contributed by atoms with E-state index < -0.39 is 5.91 Å². The quantitative estimate of drug-likeness (QED) is 0.487. The molecule has 106 valence electrons. The van der Waals surface area contributed by atoms with Crippen LogP contribution in [0.3, 0.4) is 0 Å². The number of nitrogens with two attached hydrogens (primary N) is 1. The van der Waals surface area contributed by atoms with Gasteiger partial charge in [-0.2, -0.15) is 0 Å². The van der Waals surface area contributed by atoms with E-state index in [0.29, 0.717) is 5.69 Å². The van der Waals surface area contributed by atoms with Crippen molar-refractivity contribution in [1.82, 2.24) is 4.98 Å². The van der Waals surface area contributed by atoms with E-state index in [2.05, 4.69) is 22.1 Å². The fraction of sp³-hybridized carbons (Fsp3) is 0.0667. The second kappa shape index (κ2) is 6.41. The predicted octanol–water partition coefficient (Wildman–Crippen LogP) is 1.06. The molecule has 0 atom stereocenters. The number of aromatic nitrogens is 1. The van der Waals surface area contributed by atoms with Crippen molar-refractivity contribution in [2.45, 2.75) is 0 Å². The van der Waals surface area contributed by atoms with Crippen molar-refractivity contribution in [2.75, 3.05) is 11.9 Å². The third-order valence-electron chi connectivity index (χ3n) is 2.53. The first kappa shape index (κ1) is 14.4. The number of hydrogen-bond donors (Lipinski definition) is 4. The summed E-state index contributed by atoms with van der Waals surface area (Å²) in [5.41, 5.74) is 5.70. The first-order valence-electron chi connectivity index (χ1n) is 6.09. The lowest BCUT2D eigenvalue weighted by atomic mass is 10.2. The Labute approximate surface area is 121 Å². The Kier molecular flexibility index (Phi) is 4.39. The smallest absolute Gasteiger partial charge is 0.260 e. The highest BCUT2D eigenvalue weighted by atomic mass is 16.3. The van der Waals surface area contributed by atoms with Crippen molar-refractivity contribution in [3.8, 4) is 23.3 Å². The minimum absolute atomic E-state index is 0.0461. The van der Waals surface area contributed by atoms with Gasteiger partial charge in [0, 0.05) is 0 Å². The SMILES string of the molecule is NCC#Cc1cccc(NC(=O)c2cc(O)ccc2O)n1. The Hall–Kier alpha value is -3.04. The van der Waals surface area contributed by atoms with Gasteiger partial charge in [-0.3, -0.25) is 4.79 Å². The fourth-order valence-corrected chi connectivity index (χ4v) is 1.61. The zero-order valence-corrected chi connectivity index (χ0v) is 11.0. The Balaban J connectivity index is 2.21. The monoisotopic (exact) mass is 283 g/mol. The number of pyridine rings is 1. The maximum absolute atomic E-state index is 12.0. The highest BCUT2D eigenvalue weighted by molar-refractivity contribution is 6.05. The van der Waals surface area contributed by atoms with Crippen molar-refractivity contribution >= 4 is 11.7 Å². The van der Waals surface area contributed by atoms with Gasteiger partial charge in [0.15, 0.2) is 0 Å². The molecular formula is C15H13N3O3. The number of phenols is 2. The first-order chi connectivity index (χ1) is 10.1. The summed E-state index contributed by atoms with van der Waals surface area (Å²) in [5, 5.41) is 21.5. The molecule has 6 heteroatoms. The summed E-state index contributed by atoms with van der Waals surface area (Å²) >= 11 is 0. The van der Waals surface area contributed by atoms with Gasteiger partial charge < -0.3 is 21.3 Å². The van der Waals surface area contributed by atoms with Crippen molar-refractivity contribution < 1.29 is 15.0 Å². The number of nitrogens with one attached hydrogen (secondary N) is 1. The summed E-state index contributed by atoms with van der Waals surface area (Å²) < 4.78 is 0. The van der Waals surface area contributed by atoms with Crippen LogP contribution in [0, 0.1) is 11.8 Å². The summed E-state index contributed by atoms with van der Waals surface area (Å²) in [6, 6.07) is 8.65. The Morgan fingerprint density at radius 1 is 1.29 bits per heavy atom. The molecule has 6 nitrogen and oxygen atoms in total. The molecule has 0 aliphatic carbocycles. The molecule has 1 amide bonds. The third-order valence-corrected chi connectivity index (χ3v) is 2.53. The molecule has 1 aromatic carbocycles. The summed E-state index contributed by atoms with van der Waals surface area (Å²) in [5.74, 6) is 4.77. The predicted molar refractivity (Wildman–Crippen MR) is 77.9 cm³/mol. The summed E-state index contributed by atoms with van der Waals surface area (Å²) in [7, 11) is 0. The number of phenolic OH excluding ortho intramolecular Hbond substituents is 2. The Morgan fingerprint density at radius 2 is 2.10 bits per heavy atom. The number of carbonyl (C=O) groups is 1. The number of hydrogen-bond acceptors (Lipinski definition) is 5. The normalized spacial score (nSPS) is 9.57. The summed E-state index contributed by atoms with van der Waals surface area (Å²) in [4.78, 5) is 16.2. The minimum Gasteiger partial charge on any atom is -0.508 e. The van der Waals surface area contributed by atoms with Crippen LogP contribution in [0.2, 0.25) is 0 Å². The molecule has 2 rings (SSSR count). The fourth-order valence-electron chi connectivity index (χ4n) is 1.61. The van der Waals surface area contributed by atoms with Crippen LogP contribution in [0.25, 0.3) is 0 Å². The average molecular weight is 283 g/mol. The molecule has 0 bridgehead atoms. The molecule has 0 fully saturated rings. The van der Waals surface area contributed by atoms with Crippen molar-refractivity contribution in [3.63, 3.8) is 0 Å². The highest BCUT2D eigenvalue weighted by Gasteiger charge is 2.12. The number of carbonyl (C=O) groups excluding carboxylic acids is 1. The average Bonchev–Trinajstić information content (AvgIpc) is 2.48. The Morgan fingerprint density at radius 3 is 2.86 bits per heavy atom. The minimum atomic E-state index is -0.583. The number of benzene rings is 1. The number of anilines is 1. The highest BCUT2D eigenvalue weighted by Crippen LogP contribution is 2.22. The molecule has 0 aliphatic heterocycles. The lowest BCUT2D eigenvalue weighted by molar-refractivity contribution is 0.102. The molecule has 0 saturated carbocycles. The molecule has 0 unspecified atom stereocenters. The van der Waals surface area contributed by atoms with E-state index in [1.54, 1.807) is 18.2 Å². The van der Waals surface area contributed by atoms with E-state index in [1.807, 2.05) is 0 Å². The molecule has 5 N–H and O–H groups in total. The van der Waals surface area contributed by atoms with Crippen LogP contribution in [0.1, 0.15) is 16.1 Å². The van der Waals surface area contributed by atoms with E-state index in [-0.39, 0.29) is 29.4 Å². The van der Waals surface area contributed by atoms with Crippen LogP contribution in [-0.4, -0.2) is 27.6 Å². The molecule has 0 spiro atoms. The van der Waals surface area contributed by atoms with Gasteiger partial charge in [-0.05, 0) is 36.3 Å². The van der Waals surface area contributed by atoms with Crippen LogP contribution in [0.5, 0.6) is 11.5 Å². The zero-order valence-electron chi connectivity index (χ0n) is 11.0. The number of rotatable bonds is 2. The third kappa shape index (κ3) is 3.72. The van der Waals surface area contributed by atoms with Gasteiger partial charge in [0.05, 0.1) is 12.1 Å². The zero-order chi connectivity index (χ0) is 15.2. The first-order valence-corrected chi connectivity index (χ1v) is 6.09. The van der Waals surface area contributed by atoms with Gasteiger partial charge >= 0.3 is 0 Å². The van der Waals surface area contributed by atoms with Crippen molar-refractivity contribution in [2.24, 2.45) is 5.73 Å². The van der Waals surface area contributed by atoms with Gasteiger partial charge in [0.2, 0.25) is 0 Å². The topological polar surface area (TPSA) is 108 Å². The van der Waals surface area contributed by atoms with Gasteiger partial charge in [0.25, 0.3) is 5.91 Å². The molecule has 0 radical (unpaired) electrons. The lowest BCUT2D eigenvalue weighted by Gasteiger charge is -2.06. The van der Waals surface area contributed by atoms with Crippen LogP contribution >= 0.6 is 0 Å². The Bertz CT molecular complexity index is 732. The van der Waals surface area contributed by atoms with Gasteiger partial charge in [-0.25, -0.2) is 4.98 Å². The lowest BCUT2D eigenvalue weighted by Crippen LogP contribution is -2.13. The second-order valence-corrected chi connectivity index (χ2v) is 4.07. The van der Waals surface area contributed by atoms with E-state index in [1.165, 1.54) is 18.2 Å².